The van der Waals surface area contributed by atoms with Gasteiger partial charge < -0.3 is 9.80 Å². The molecule has 0 amide bonds. The molecule has 0 spiro atoms. The van der Waals surface area contributed by atoms with Crippen LogP contribution in [-0.4, -0.2) is 29.7 Å². The monoisotopic (exact) mass is 919 g/mol. The Balaban J connectivity index is 1.04. The van der Waals surface area contributed by atoms with Gasteiger partial charge in [0, 0.05) is 34.5 Å². The fourth-order valence-corrected chi connectivity index (χ4v) is 14.1. The molecule has 71 heavy (non-hydrogen) atoms. The molecular formula is C68H63BN2. The summed E-state index contributed by atoms with van der Waals surface area (Å²) >= 11 is 0. The first-order valence-corrected chi connectivity index (χ1v) is 26.6. The van der Waals surface area contributed by atoms with Gasteiger partial charge in [-0.05, 0) is 127 Å². The van der Waals surface area contributed by atoms with E-state index in [1.165, 1.54) is 67.1 Å². The SMILES string of the molecule is CC(C1=CCCC=C1)(C1=CC2C3B(C4=C(C=CC(c5ccccc5)C4)N(C4C=CC(c5ccccc5)=CC4)C3C1)c1cc(-c3ccccc3)ccc1N2C1=CCC(c2ccccc2)CC1)c1ccccc1. The Bertz CT molecular complexity index is 3190. The molecule has 0 saturated carbocycles. The number of anilines is 1. The van der Waals surface area contributed by atoms with Gasteiger partial charge in [-0.1, -0.05) is 235 Å². The highest BCUT2D eigenvalue weighted by Gasteiger charge is 2.58. The zero-order valence-corrected chi connectivity index (χ0v) is 41.0. The van der Waals surface area contributed by atoms with Crippen molar-refractivity contribution in [3.8, 4) is 11.1 Å². The van der Waals surface area contributed by atoms with Crippen molar-refractivity contribution in [3.05, 3.63) is 281 Å². The highest BCUT2D eigenvalue weighted by Crippen LogP contribution is 2.57. The Morgan fingerprint density at radius 2 is 1.31 bits per heavy atom. The topological polar surface area (TPSA) is 6.48 Å². The molecule has 5 aliphatic carbocycles. The summed E-state index contributed by atoms with van der Waals surface area (Å²) in [7, 11) is 0. The zero-order chi connectivity index (χ0) is 47.3. The van der Waals surface area contributed by atoms with Crippen LogP contribution in [0.2, 0.25) is 5.82 Å². The Kier molecular flexibility index (Phi) is 11.5. The first-order valence-electron chi connectivity index (χ1n) is 26.6. The number of benzene rings is 6. The number of hydrogen-bond donors (Lipinski definition) is 0. The van der Waals surface area contributed by atoms with E-state index < -0.39 is 0 Å². The summed E-state index contributed by atoms with van der Waals surface area (Å²) in [6.07, 6.45) is 34.0. The van der Waals surface area contributed by atoms with Crippen LogP contribution in [0.1, 0.15) is 92.4 Å². The molecule has 348 valence electrons. The number of nitrogens with zero attached hydrogens (tertiary/aromatic N) is 2. The summed E-state index contributed by atoms with van der Waals surface area (Å²) < 4.78 is 0. The molecular weight excluding hydrogens is 856 g/mol. The van der Waals surface area contributed by atoms with E-state index in [2.05, 4.69) is 247 Å². The quantitative estimate of drug-likeness (QED) is 0.105. The minimum atomic E-state index is -0.301. The Hall–Kier alpha value is -7.10. The van der Waals surface area contributed by atoms with Gasteiger partial charge in [-0.15, -0.1) is 0 Å². The van der Waals surface area contributed by atoms with Crippen molar-refractivity contribution in [2.24, 2.45) is 0 Å². The van der Waals surface area contributed by atoms with E-state index in [0.29, 0.717) is 17.7 Å². The lowest BCUT2D eigenvalue weighted by molar-refractivity contribution is 0.181. The molecule has 2 nitrogen and oxygen atoms in total. The van der Waals surface area contributed by atoms with Crippen LogP contribution in [0.25, 0.3) is 16.7 Å². The average Bonchev–Trinajstić information content (AvgIpc) is 3.46. The molecule has 6 aromatic carbocycles. The van der Waals surface area contributed by atoms with Crippen LogP contribution >= 0.6 is 0 Å². The van der Waals surface area contributed by atoms with Crippen LogP contribution in [-0.2, 0) is 5.41 Å². The van der Waals surface area contributed by atoms with Crippen molar-refractivity contribution in [2.75, 3.05) is 4.90 Å². The molecule has 3 heteroatoms. The Morgan fingerprint density at radius 1 is 0.606 bits per heavy atom. The minimum Gasteiger partial charge on any atom is -0.362 e. The van der Waals surface area contributed by atoms with Crippen molar-refractivity contribution in [3.63, 3.8) is 0 Å². The highest BCUT2D eigenvalue weighted by molar-refractivity contribution is 6.83. The lowest BCUT2D eigenvalue weighted by Gasteiger charge is -2.60. The fraction of sp³-hybridized carbons (Fsp3) is 0.235. The maximum absolute atomic E-state index is 2.98. The highest BCUT2D eigenvalue weighted by atomic mass is 15.2. The number of rotatable bonds is 9. The van der Waals surface area contributed by atoms with Crippen molar-refractivity contribution in [1.29, 1.82) is 0 Å². The zero-order valence-electron chi connectivity index (χ0n) is 41.0. The van der Waals surface area contributed by atoms with E-state index in [4.69, 9.17) is 0 Å². The molecule has 7 atom stereocenters. The molecule has 7 unspecified atom stereocenters. The van der Waals surface area contributed by atoms with Crippen LogP contribution in [0.15, 0.2) is 259 Å². The van der Waals surface area contributed by atoms with Gasteiger partial charge in [0.25, 0.3) is 0 Å². The molecule has 0 bridgehead atoms. The van der Waals surface area contributed by atoms with Gasteiger partial charge in [0.1, 0.15) is 0 Å². The number of hydrogen-bond acceptors (Lipinski definition) is 2. The molecule has 0 radical (unpaired) electrons. The summed E-state index contributed by atoms with van der Waals surface area (Å²) in [5.74, 6) is 1.16. The third kappa shape index (κ3) is 7.81. The lowest BCUT2D eigenvalue weighted by atomic mass is 9.25. The normalized spacial score (nSPS) is 25.2. The third-order valence-corrected chi connectivity index (χ3v) is 17.6. The first kappa shape index (κ1) is 43.9. The molecule has 7 aliphatic rings. The van der Waals surface area contributed by atoms with Crippen LogP contribution in [0.5, 0.6) is 0 Å². The smallest absolute Gasteiger partial charge is 0.217 e. The first-order chi connectivity index (χ1) is 35.1. The number of allylic oxidation sites excluding steroid dienone is 11. The van der Waals surface area contributed by atoms with E-state index in [1.807, 2.05) is 0 Å². The standard InChI is InChI=1S/C68H63BN2/c1-68(56-28-16-6-17-29-56,57-30-18-7-19-31-57)58-46-65-67-66(47-58)71(60-40-34-53(35-41-60)49-22-10-3-11-23-49)64-43-37-55(51-26-14-5-15-27-51)45-62(64)69(67)61-44-54(50-24-12-4-13-25-50)36-42-63(61)70(65)59-38-32-52(33-39-59)48-20-8-2-9-21-48/h2-6,8-18,20-33,36-38,40,42-43,45,47,53-54,59,65-67H,7,19,34-35,39,41,44,46H2,1H3. The predicted octanol–water partition coefficient (Wildman–Crippen LogP) is 15.7. The summed E-state index contributed by atoms with van der Waals surface area (Å²) in [4.78, 5) is 5.88. The Morgan fingerprint density at radius 3 is 1.99 bits per heavy atom. The average molecular weight is 919 g/mol. The van der Waals surface area contributed by atoms with Gasteiger partial charge in [0.15, 0.2) is 0 Å². The minimum absolute atomic E-state index is 0.153. The largest absolute Gasteiger partial charge is 0.362 e. The van der Waals surface area contributed by atoms with E-state index in [0.717, 1.165) is 51.4 Å². The second-order valence-corrected chi connectivity index (χ2v) is 21.3. The van der Waals surface area contributed by atoms with Crippen LogP contribution in [0.3, 0.4) is 0 Å². The van der Waals surface area contributed by atoms with Crippen molar-refractivity contribution in [2.45, 2.75) is 99.5 Å². The molecule has 2 aliphatic heterocycles. The molecule has 2 heterocycles. The summed E-state index contributed by atoms with van der Waals surface area (Å²) in [5.41, 5.74) is 19.6. The third-order valence-electron chi connectivity index (χ3n) is 17.6. The van der Waals surface area contributed by atoms with Crippen LogP contribution < -0.4 is 10.4 Å². The van der Waals surface area contributed by atoms with Crippen molar-refractivity contribution >= 4 is 23.4 Å². The van der Waals surface area contributed by atoms with E-state index >= 15 is 0 Å². The van der Waals surface area contributed by atoms with Crippen LogP contribution in [0.4, 0.5) is 5.69 Å². The number of fused-ring (bicyclic) bond motifs is 3. The van der Waals surface area contributed by atoms with Gasteiger partial charge in [-0.2, -0.15) is 0 Å². The maximum Gasteiger partial charge on any atom is 0.217 e. The van der Waals surface area contributed by atoms with E-state index in [1.54, 1.807) is 11.0 Å². The fourth-order valence-electron chi connectivity index (χ4n) is 14.1. The van der Waals surface area contributed by atoms with Gasteiger partial charge in [0.2, 0.25) is 6.71 Å². The van der Waals surface area contributed by atoms with Gasteiger partial charge in [-0.3, -0.25) is 0 Å². The molecule has 0 aromatic heterocycles. The molecule has 6 aromatic rings. The van der Waals surface area contributed by atoms with Crippen LogP contribution in [0, 0.1) is 0 Å². The maximum atomic E-state index is 2.98. The van der Waals surface area contributed by atoms with Crippen molar-refractivity contribution in [1.82, 2.24) is 4.90 Å². The van der Waals surface area contributed by atoms with E-state index in [-0.39, 0.29) is 30.3 Å². The second-order valence-electron chi connectivity index (χ2n) is 21.3. The van der Waals surface area contributed by atoms with Gasteiger partial charge in [0.05, 0.1) is 12.1 Å². The second kappa shape index (κ2) is 18.6. The lowest BCUT2D eigenvalue weighted by Crippen LogP contribution is -2.66. The predicted molar refractivity (Wildman–Crippen MR) is 299 cm³/mol. The summed E-state index contributed by atoms with van der Waals surface area (Å²) in [5, 5.41) is 0. The molecule has 0 N–H and O–H groups in total. The summed E-state index contributed by atoms with van der Waals surface area (Å²) in [6, 6.07) is 64.4. The molecule has 13 rings (SSSR count). The molecule has 0 saturated heterocycles. The van der Waals surface area contributed by atoms with Gasteiger partial charge in [-0.25, -0.2) is 0 Å². The van der Waals surface area contributed by atoms with Gasteiger partial charge >= 0.3 is 0 Å². The molecule has 0 fully saturated rings. The van der Waals surface area contributed by atoms with Crippen molar-refractivity contribution < 1.29 is 0 Å². The van der Waals surface area contributed by atoms with E-state index in [9.17, 15) is 0 Å². The summed E-state index contributed by atoms with van der Waals surface area (Å²) in [6.45, 7) is 2.81. The Labute approximate surface area is 422 Å².